The Morgan fingerprint density at radius 1 is 1.00 bits per heavy atom. The molecule has 1 atom stereocenters. The number of benzene rings is 1. The van der Waals surface area contributed by atoms with Gasteiger partial charge in [0.25, 0.3) is 5.89 Å². The highest BCUT2D eigenvalue weighted by Gasteiger charge is 2.18. The number of aliphatic hydroxyl groups is 2. The average Bonchev–Trinajstić information content (AvgIpc) is 3.28. The Morgan fingerprint density at radius 3 is 2.41 bits per heavy atom. The van der Waals surface area contributed by atoms with Gasteiger partial charge in [-0.25, -0.2) is 0 Å². The normalized spacial score (nSPS) is 12.4. The number of rotatable bonds is 10. The van der Waals surface area contributed by atoms with Crippen molar-refractivity contribution in [1.29, 1.82) is 0 Å². The van der Waals surface area contributed by atoms with Crippen molar-refractivity contribution in [2.75, 3.05) is 13.2 Å². The SMILES string of the molecule is CCc1cc(-c2noc(-c3cc(C)nc(C(CC)CC)c3)n2)cc(C)c1OCC(O)CO. The van der Waals surface area contributed by atoms with Crippen molar-refractivity contribution in [3.05, 3.63) is 46.8 Å². The number of aromatic nitrogens is 3. The standard InChI is InChI=1S/C25H33N3O4/c1-6-17(7-2)22-12-20(10-16(5)26-22)25-27-24(28-32-25)19-9-15(4)23(18(8-3)11-19)31-14-21(30)13-29/h9-12,17,21,29-30H,6-8,13-14H2,1-5H3. The Labute approximate surface area is 189 Å². The molecule has 7 heteroatoms. The molecule has 0 aliphatic carbocycles. The fourth-order valence-corrected chi connectivity index (χ4v) is 3.87. The molecule has 2 aromatic heterocycles. The molecule has 172 valence electrons. The zero-order valence-corrected chi connectivity index (χ0v) is 19.6. The minimum absolute atomic E-state index is 0.0380. The van der Waals surface area contributed by atoms with Gasteiger partial charge in [-0.1, -0.05) is 25.9 Å². The highest BCUT2D eigenvalue weighted by Crippen LogP contribution is 2.32. The molecule has 2 N–H and O–H groups in total. The molecule has 0 aliphatic heterocycles. The lowest BCUT2D eigenvalue weighted by Crippen LogP contribution is -2.22. The molecular formula is C25H33N3O4. The van der Waals surface area contributed by atoms with Gasteiger partial charge in [-0.3, -0.25) is 4.98 Å². The number of aryl methyl sites for hydroxylation is 3. The second-order valence-electron chi connectivity index (χ2n) is 8.14. The quantitative estimate of drug-likeness (QED) is 0.475. The van der Waals surface area contributed by atoms with Crippen LogP contribution in [0.4, 0.5) is 0 Å². The van der Waals surface area contributed by atoms with Gasteiger partial charge in [0.2, 0.25) is 5.82 Å². The van der Waals surface area contributed by atoms with Crippen molar-refractivity contribution in [2.24, 2.45) is 0 Å². The zero-order chi connectivity index (χ0) is 23.3. The number of ether oxygens (including phenoxy) is 1. The van der Waals surface area contributed by atoms with Crippen molar-refractivity contribution >= 4 is 0 Å². The van der Waals surface area contributed by atoms with Crippen LogP contribution in [0.5, 0.6) is 5.75 Å². The first-order valence-corrected chi connectivity index (χ1v) is 11.3. The summed E-state index contributed by atoms with van der Waals surface area (Å²) in [7, 11) is 0. The van der Waals surface area contributed by atoms with Gasteiger partial charge in [-0.05, 0) is 68.5 Å². The second-order valence-corrected chi connectivity index (χ2v) is 8.14. The van der Waals surface area contributed by atoms with E-state index in [9.17, 15) is 5.11 Å². The van der Waals surface area contributed by atoms with E-state index in [4.69, 9.17) is 19.4 Å². The van der Waals surface area contributed by atoms with Crippen molar-refractivity contribution in [3.63, 3.8) is 0 Å². The molecule has 7 nitrogen and oxygen atoms in total. The van der Waals surface area contributed by atoms with Crippen molar-refractivity contribution < 1.29 is 19.5 Å². The largest absolute Gasteiger partial charge is 0.490 e. The molecular weight excluding hydrogens is 406 g/mol. The van der Waals surface area contributed by atoms with E-state index in [1.165, 1.54) is 0 Å². The number of nitrogens with zero attached hydrogens (tertiary/aromatic N) is 3. The first-order valence-electron chi connectivity index (χ1n) is 11.3. The van der Waals surface area contributed by atoms with Gasteiger partial charge in [0.15, 0.2) is 0 Å². The molecule has 3 rings (SSSR count). The average molecular weight is 440 g/mol. The summed E-state index contributed by atoms with van der Waals surface area (Å²) in [6, 6.07) is 7.95. The monoisotopic (exact) mass is 439 g/mol. The number of pyridine rings is 1. The third-order valence-corrected chi connectivity index (χ3v) is 5.67. The molecule has 1 aromatic carbocycles. The lowest BCUT2D eigenvalue weighted by atomic mass is 9.97. The summed E-state index contributed by atoms with van der Waals surface area (Å²) < 4.78 is 11.4. The first kappa shape index (κ1) is 23.9. The van der Waals surface area contributed by atoms with Crippen LogP contribution in [0.2, 0.25) is 0 Å². The Morgan fingerprint density at radius 2 is 1.75 bits per heavy atom. The molecule has 1 unspecified atom stereocenters. The van der Waals surface area contributed by atoms with E-state index in [2.05, 4.69) is 24.0 Å². The van der Waals surface area contributed by atoms with Crippen LogP contribution in [0, 0.1) is 13.8 Å². The Hall–Kier alpha value is -2.77. The molecule has 2 heterocycles. The summed E-state index contributed by atoms with van der Waals surface area (Å²) in [4.78, 5) is 9.37. The Bertz CT molecular complexity index is 1040. The lowest BCUT2D eigenvalue weighted by molar-refractivity contribution is 0.0531. The molecule has 3 aromatic rings. The maximum absolute atomic E-state index is 9.61. The van der Waals surface area contributed by atoms with E-state index in [0.717, 1.165) is 52.9 Å². The van der Waals surface area contributed by atoms with Crippen LogP contribution in [0.3, 0.4) is 0 Å². The van der Waals surface area contributed by atoms with Gasteiger partial charge < -0.3 is 19.5 Å². The van der Waals surface area contributed by atoms with E-state index in [1.807, 2.05) is 45.0 Å². The van der Waals surface area contributed by atoms with Gasteiger partial charge >= 0.3 is 0 Å². The Balaban J connectivity index is 1.92. The third-order valence-electron chi connectivity index (χ3n) is 5.67. The number of aliphatic hydroxyl groups excluding tert-OH is 2. The molecule has 0 radical (unpaired) electrons. The molecule has 0 amide bonds. The molecule has 0 saturated carbocycles. The van der Waals surface area contributed by atoms with E-state index >= 15 is 0 Å². The van der Waals surface area contributed by atoms with Gasteiger partial charge in [0.1, 0.15) is 18.5 Å². The summed E-state index contributed by atoms with van der Waals surface area (Å²) in [5.41, 5.74) is 5.60. The minimum atomic E-state index is -0.910. The maximum atomic E-state index is 9.61. The summed E-state index contributed by atoms with van der Waals surface area (Å²) in [5, 5.41) is 22.9. The fourth-order valence-electron chi connectivity index (χ4n) is 3.87. The highest BCUT2D eigenvalue weighted by molar-refractivity contribution is 5.64. The molecule has 0 aliphatic rings. The van der Waals surface area contributed by atoms with Crippen molar-refractivity contribution in [2.45, 2.75) is 65.9 Å². The predicted molar refractivity (Wildman–Crippen MR) is 124 cm³/mol. The summed E-state index contributed by atoms with van der Waals surface area (Å²) in [6.45, 7) is 10.0. The van der Waals surface area contributed by atoms with Gasteiger partial charge in [-0.15, -0.1) is 0 Å². The van der Waals surface area contributed by atoms with Crippen LogP contribution in [-0.2, 0) is 6.42 Å². The van der Waals surface area contributed by atoms with Crippen LogP contribution >= 0.6 is 0 Å². The molecule has 0 fully saturated rings. The third kappa shape index (κ3) is 5.34. The molecule has 0 spiro atoms. The summed E-state index contributed by atoms with van der Waals surface area (Å²) in [6.07, 6.45) is 1.90. The van der Waals surface area contributed by atoms with Crippen LogP contribution in [0.25, 0.3) is 22.8 Å². The zero-order valence-electron chi connectivity index (χ0n) is 19.6. The first-order chi connectivity index (χ1) is 15.4. The van der Waals surface area contributed by atoms with E-state index in [0.29, 0.717) is 23.4 Å². The Kier molecular flexibility index (Phi) is 7.99. The number of hydrogen-bond donors (Lipinski definition) is 2. The van der Waals surface area contributed by atoms with Gasteiger partial charge in [-0.2, -0.15) is 4.98 Å². The smallest absolute Gasteiger partial charge is 0.258 e. The lowest BCUT2D eigenvalue weighted by Gasteiger charge is -2.16. The van der Waals surface area contributed by atoms with Crippen molar-refractivity contribution in [3.8, 4) is 28.6 Å². The molecule has 32 heavy (non-hydrogen) atoms. The fraction of sp³-hybridized carbons (Fsp3) is 0.480. The molecule has 0 bridgehead atoms. The summed E-state index contributed by atoms with van der Waals surface area (Å²) in [5.74, 6) is 2.10. The van der Waals surface area contributed by atoms with Crippen molar-refractivity contribution in [1.82, 2.24) is 15.1 Å². The van der Waals surface area contributed by atoms with E-state index < -0.39 is 6.10 Å². The summed E-state index contributed by atoms with van der Waals surface area (Å²) >= 11 is 0. The van der Waals surface area contributed by atoms with Crippen LogP contribution in [0.15, 0.2) is 28.8 Å². The second kappa shape index (κ2) is 10.7. The van der Waals surface area contributed by atoms with E-state index in [1.54, 1.807) is 0 Å². The predicted octanol–water partition coefficient (Wildman–Crippen LogP) is 4.61. The minimum Gasteiger partial charge on any atom is -0.490 e. The van der Waals surface area contributed by atoms with Gasteiger partial charge in [0, 0.05) is 28.4 Å². The number of hydrogen-bond acceptors (Lipinski definition) is 7. The highest BCUT2D eigenvalue weighted by atomic mass is 16.5. The van der Waals surface area contributed by atoms with Crippen LogP contribution < -0.4 is 4.74 Å². The van der Waals surface area contributed by atoms with Gasteiger partial charge in [0.05, 0.1) is 6.61 Å². The topological polar surface area (TPSA) is 102 Å². The van der Waals surface area contributed by atoms with Crippen LogP contribution in [0.1, 0.15) is 62.0 Å². The molecule has 0 saturated heterocycles. The maximum Gasteiger partial charge on any atom is 0.258 e. The van der Waals surface area contributed by atoms with Crippen LogP contribution in [-0.4, -0.2) is 44.7 Å². The van der Waals surface area contributed by atoms with E-state index in [-0.39, 0.29) is 13.2 Å².